The SMILES string of the molecule is CS(=O)(=O)c1cncc(C(=O)NCc2cc3nc(-c4cccc(N5C[C@H](CO)[C@@H](c6ccccn6)C5)n4)ccc3cn2)c1. The van der Waals surface area contributed by atoms with Gasteiger partial charge in [-0.15, -0.1) is 0 Å². The summed E-state index contributed by atoms with van der Waals surface area (Å²) in [5.74, 6) is 0.522. The first kappa shape index (κ1) is 28.3. The molecule has 218 valence electrons. The number of fused-ring (bicyclic) bond motifs is 1. The van der Waals surface area contributed by atoms with Crippen molar-refractivity contribution in [2.45, 2.75) is 17.4 Å². The quantitative estimate of drug-likeness (QED) is 0.274. The maximum Gasteiger partial charge on any atom is 0.253 e. The normalized spacial score (nSPS) is 16.8. The van der Waals surface area contributed by atoms with E-state index in [0.29, 0.717) is 35.7 Å². The van der Waals surface area contributed by atoms with E-state index >= 15 is 0 Å². The molecule has 1 aliphatic heterocycles. The maximum absolute atomic E-state index is 12.7. The van der Waals surface area contributed by atoms with Gasteiger partial charge in [0.15, 0.2) is 9.84 Å². The fourth-order valence-corrected chi connectivity index (χ4v) is 5.83. The zero-order valence-corrected chi connectivity index (χ0v) is 24.1. The number of aliphatic hydroxyl groups excluding tert-OH is 1. The monoisotopic (exact) mass is 595 g/mol. The minimum atomic E-state index is -3.49. The maximum atomic E-state index is 12.7. The van der Waals surface area contributed by atoms with E-state index in [1.54, 1.807) is 18.5 Å². The van der Waals surface area contributed by atoms with E-state index in [0.717, 1.165) is 23.2 Å². The Labute approximate surface area is 248 Å². The number of nitrogens with zero attached hydrogens (tertiary/aromatic N) is 6. The molecule has 0 saturated carbocycles. The fourth-order valence-electron chi connectivity index (χ4n) is 5.23. The van der Waals surface area contributed by atoms with Crippen molar-refractivity contribution < 1.29 is 18.3 Å². The summed E-state index contributed by atoms with van der Waals surface area (Å²) in [5.41, 5.74) is 3.80. The van der Waals surface area contributed by atoms with Gasteiger partial charge < -0.3 is 15.3 Å². The summed E-state index contributed by atoms with van der Waals surface area (Å²) in [4.78, 5) is 37.4. The molecule has 1 amide bonds. The third-order valence-electron chi connectivity index (χ3n) is 7.53. The van der Waals surface area contributed by atoms with Gasteiger partial charge in [-0.25, -0.2) is 18.4 Å². The number of carbonyl (C=O) groups is 1. The molecule has 0 aliphatic carbocycles. The van der Waals surface area contributed by atoms with Crippen LogP contribution in [-0.2, 0) is 16.4 Å². The molecule has 6 rings (SSSR count). The lowest BCUT2D eigenvalue weighted by Crippen LogP contribution is -2.23. The summed E-state index contributed by atoms with van der Waals surface area (Å²) >= 11 is 0. The van der Waals surface area contributed by atoms with Crippen LogP contribution in [0.15, 0.2) is 90.3 Å². The minimum Gasteiger partial charge on any atom is -0.396 e. The average molecular weight is 596 g/mol. The third-order valence-corrected chi connectivity index (χ3v) is 8.61. The van der Waals surface area contributed by atoms with E-state index < -0.39 is 15.7 Å². The highest BCUT2D eigenvalue weighted by molar-refractivity contribution is 7.90. The topological polar surface area (TPSA) is 151 Å². The molecule has 1 aliphatic rings. The number of hydrogen-bond donors (Lipinski definition) is 2. The molecular formula is C31H29N7O4S. The molecule has 11 nitrogen and oxygen atoms in total. The second-order valence-electron chi connectivity index (χ2n) is 10.5. The molecule has 0 unspecified atom stereocenters. The number of hydrogen-bond acceptors (Lipinski definition) is 10. The van der Waals surface area contributed by atoms with E-state index in [9.17, 15) is 18.3 Å². The van der Waals surface area contributed by atoms with Crippen molar-refractivity contribution in [3.05, 3.63) is 102 Å². The molecule has 43 heavy (non-hydrogen) atoms. The van der Waals surface area contributed by atoms with Gasteiger partial charge >= 0.3 is 0 Å². The summed E-state index contributed by atoms with van der Waals surface area (Å²) in [6.45, 7) is 1.58. The molecule has 2 atom stereocenters. The fraction of sp³-hybridized carbons (Fsp3) is 0.226. The average Bonchev–Trinajstić information content (AvgIpc) is 3.48. The van der Waals surface area contributed by atoms with Crippen LogP contribution in [0.1, 0.15) is 27.7 Å². The van der Waals surface area contributed by atoms with Gasteiger partial charge in [0.1, 0.15) is 5.82 Å². The number of sulfone groups is 1. The second-order valence-corrected chi connectivity index (χ2v) is 12.5. The Bertz CT molecular complexity index is 1900. The van der Waals surface area contributed by atoms with Gasteiger partial charge in [0, 0.05) is 73.7 Å². The van der Waals surface area contributed by atoms with Crippen LogP contribution in [0.4, 0.5) is 5.82 Å². The number of aliphatic hydroxyl groups is 1. The predicted molar refractivity (Wildman–Crippen MR) is 161 cm³/mol. The molecular weight excluding hydrogens is 566 g/mol. The van der Waals surface area contributed by atoms with Gasteiger partial charge in [-0.05, 0) is 48.5 Å². The smallest absolute Gasteiger partial charge is 0.253 e. The molecule has 0 spiro atoms. The highest BCUT2D eigenvalue weighted by atomic mass is 32.2. The predicted octanol–water partition coefficient (Wildman–Crippen LogP) is 3.03. The standard InChI is InChI=1S/C31H29N7O4S/c1-43(41,42)24-11-21(13-32-16-24)31(40)35-15-23-12-29-20(14-34-23)8-9-28(36-29)27-6-4-7-30(37-27)38-17-22(19-39)25(18-38)26-5-2-3-10-33-26/h2-14,16,22,25,39H,15,17-19H2,1H3,(H,35,40)/t22-,25+/m1/s1. The van der Waals surface area contributed by atoms with Crippen LogP contribution in [-0.4, -0.2) is 70.3 Å². The van der Waals surface area contributed by atoms with Crippen molar-refractivity contribution in [2.75, 3.05) is 30.9 Å². The minimum absolute atomic E-state index is 0.0237. The van der Waals surface area contributed by atoms with E-state index in [1.807, 2.05) is 48.5 Å². The van der Waals surface area contributed by atoms with Crippen molar-refractivity contribution in [3.8, 4) is 11.4 Å². The zero-order valence-electron chi connectivity index (χ0n) is 23.3. The third kappa shape index (κ3) is 6.20. The molecule has 5 aromatic rings. The van der Waals surface area contributed by atoms with E-state index in [1.165, 1.54) is 18.5 Å². The Morgan fingerprint density at radius 2 is 1.84 bits per heavy atom. The first-order valence-electron chi connectivity index (χ1n) is 13.7. The molecule has 0 radical (unpaired) electrons. The number of rotatable bonds is 8. The molecule has 0 aromatic carbocycles. The van der Waals surface area contributed by atoms with E-state index in [4.69, 9.17) is 9.97 Å². The Morgan fingerprint density at radius 3 is 2.63 bits per heavy atom. The summed E-state index contributed by atoms with van der Waals surface area (Å²) in [7, 11) is -3.49. The molecule has 5 aromatic heterocycles. The summed E-state index contributed by atoms with van der Waals surface area (Å²) in [5, 5.41) is 13.6. The van der Waals surface area contributed by atoms with Crippen LogP contribution in [0, 0.1) is 5.92 Å². The summed E-state index contributed by atoms with van der Waals surface area (Å²) in [6.07, 6.45) is 7.07. The van der Waals surface area contributed by atoms with Crippen molar-refractivity contribution in [1.29, 1.82) is 0 Å². The lowest BCUT2D eigenvalue weighted by molar-refractivity contribution is 0.0950. The number of amides is 1. The van der Waals surface area contributed by atoms with Crippen molar-refractivity contribution in [1.82, 2.24) is 30.2 Å². The van der Waals surface area contributed by atoms with E-state index in [-0.39, 0.29) is 35.4 Å². The van der Waals surface area contributed by atoms with Gasteiger partial charge in [0.25, 0.3) is 5.91 Å². The first-order valence-corrected chi connectivity index (χ1v) is 15.6. The second kappa shape index (κ2) is 11.8. The largest absolute Gasteiger partial charge is 0.396 e. The Kier molecular flexibility index (Phi) is 7.78. The van der Waals surface area contributed by atoms with Crippen LogP contribution in [0.5, 0.6) is 0 Å². The Balaban J connectivity index is 1.19. The van der Waals surface area contributed by atoms with Gasteiger partial charge in [0.2, 0.25) is 0 Å². The van der Waals surface area contributed by atoms with Gasteiger partial charge in [0.05, 0.1) is 39.6 Å². The number of carbonyl (C=O) groups excluding carboxylic acids is 1. The van der Waals surface area contributed by atoms with Crippen molar-refractivity contribution in [2.24, 2.45) is 5.92 Å². The molecule has 12 heteroatoms. The lowest BCUT2D eigenvalue weighted by atomic mass is 9.93. The van der Waals surface area contributed by atoms with Crippen LogP contribution >= 0.6 is 0 Å². The van der Waals surface area contributed by atoms with Crippen LogP contribution in [0.3, 0.4) is 0 Å². The van der Waals surface area contributed by atoms with Crippen molar-refractivity contribution >= 4 is 32.5 Å². The van der Waals surface area contributed by atoms with Gasteiger partial charge in [-0.2, -0.15) is 0 Å². The van der Waals surface area contributed by atoms with Crippen LogP contribution in [0.25, 0.3) is 22.3 Å². The molecule has 1 fully saturated rings. The van der Waals surface area contributed by atoms with Gasteiger partial charge in [-0.1, -0.05) is 12.1 Å². The first-order chi connectivity index (χ1) is 20.8. The van der Waals surface area contributed by atoms with Crippen LogP contribution < -0.4 is 10.2 Å². The van der Waals surface area contributed by atoms with Gasteiger partial charge in [-0.3, -0.25) is 19.7 Å². The highest BCUT2D eigenvalue weighted by Crippen LogP contribution is 2.34. The summed E-state index contributed by atoms with van der Waals surface area (Å²) < 4.78 is 23.6. The van der Waals surface area contributed by atoms with E-state index in [2.05, 4.69) is 25.2 Å². The molecule has 6 heterocycles. The van der Waals surface area contributed by atoms with Crippen molar-refractivity contribution in [3.63, 3.8) is 0 Å². The number of nitrogens with one attached hydrogen (secondary N) is 1. The highest BCUT2D eigenvalue weighted by Gasteiger charge is 2.35. The zero-order chi connectivity index (χ0) is 30.0. The lowest BCUT2D eigenvalue weighted by Gasteiger charge is -2.18. The van der Waals surface area contributed by atoms with Crippen LogP contribution in [0.2, 0.25) is 0 Å². The number of anilines is 1. The Hall–Kier alpha value is -4.81. The summed E-state index contributed by atoms with van der Waals surface area (Å²) in [6, 6.07) is 18.6. The molecule has 0 bridgehead atoms. The number of aromatic nitrogens is 5. The number of pyridine rings is 5. The Morgan fingerprint density at radius 1 is 0.977 bits per heavy atom. The molecule has 2 N–H and O–H groups in total. The molecule has 1 saturated heterocycles.